The summed E-state index contributed by atoms with van der Waals surface area (Å²) in [6.45, 7) is 3.92. The molecule has 7 nitrogen and oxygen atoms in total. The summed E-state index contributed by atoms with van der Waals surface area (Å²) in [5.74, 6) is 0.359. The number of amides is 1. The number of thiazole rings is 1. The molecule has 30 heavy (non-hydrogen) atoms. The molecule has 1 aromatic heterocycles. The standard InChI is InChI=1S/C22H24N2O5S/c1-13-6-7-15(14(2)8-13)9-20(25)23-22-24(12-21(26)29-5)16-10-17(27-3)18(28-4)11-19(16)30-22/h6-8,10-11H,9,12H2,1-5H3. The van der Waals surface area contributed by atoms with Crippen LogP contribution in [0.4, 0.5) is 0 Å². The topological polar surface area (TPSA) is 79.1 Å². The normalized spacial score (nSPS) is 11.6. The highest BCUT2D eigenvalue weighted by atomic mass is 32.1. The van der Waals surface area contributed by atoms with E-state index in [9.17, 15) is 9.59 Å². The molecular weight excluding hydrogens is 404 g/mol. The average molecular weight is 429 g/mol. The number of benzene rings is 2. The van der Waals surface area contributed by atoms with Gasteiger partial charge in [0.2, 0.25) is 0 Å². The van der Waals surface area contributed by atoms with Gasteiger partial charge in [-0.05, 0) is 25.0 Å². The molecule has 3 aromatic rings. The van der Waals surface area contributed by atoms with Crippen LogP contribution in [0.15, 0.2) is 35.3 Å². The third-order valence-electron chi connectivity index (χ3n) is 4.76. The average Bonchev–Trinajstić information content (AvgIpc) is 3.04. The maximum atomic E-state index is 12.7. The van der Waals surface area contributed by atoms with Crippen LogP contribution >= 0.6 is 11.3 Å². The predicted octanol–water partition coefficient (Wildman–Crippen LogP) is 3.18. The molecule has 0 unspecified atom stereocenters. The molecule has 0 aliphatic heterocycles. The maximum Gasteiger partial charge on any atom is 0.325 e. The van der Waals surface area contributed by atoms with E-state index in [0.29, 0.717) is 21.8 Å². The van der Waals surface area contributed by atoms with Gasteiger partial charge in [0.15, 0.2) is 16.3 Å². The summed E-state index contributed by atoms with van der Waals surface area (Å²) in [7, 11) is 4.42. The second kappa shape index (κ2) is 9.13. The first kappa shape index (κ1) is 21.6. The summed E-state index contributed by atoms with van der Waals surface area (Å²) in [5, 5.41) is 0. The zero-order chi connectivity index (χ0) is 21.8. The number of ether oxygens (including phenoxy) is 3. The van der Waals surface area contributed by atoms with Crippen LogP contribution in [0.1, 0.15) is 16.7 Å². The lowest BCUT2D eigenvalue weighted by molar-refractivity contribution is -0.141. The molecule has 0 aliphatic carbocycles. The molecule has 0 saturated heterocycles. The Kier molecular flexibility index (Phi) is 6.56. The fourth-order valence-electron chi connectivity index (χ4n) is 3.18. The molecule has 2 aromatic carbocycles. The second-order valence-electron chi connectivity index (χ2n) is 6.83. The molecule has 158 valence electrons. The third kappa shape index (κ3) is 4.54. The summed E-state index contributed by atoms with van der Waals surface area (Å²) >= 11 is 1.30. The van der Waals surface area contributed by atoms with Crippen molar-refractivity contribution in [3.63, 3.8) is 0 Å². The molecule has 0 bridgehead atoms. The Morgan fingerprint density at radius 2 is 1.73 bits per heavy atom. The van der Waals surface area contributed by atoms with E-state index < -0.39 is 5.97 Å². The van der Waals surface area contributed by atoms with Crippen molar-refractivity contribution in [1.82, 2.24) is 4.57 Å². The van der Waals surface area contributed by atoms with Gasteiger partial charge in [-0.1, -0.05) is 35.1 Å². The van der Waals surface area contributed by atoms with Gasteiger partial charge in [-0.25, -0.2) is 0 Å². The monoisotopic (exact) mass is 428 g/mol. The third-order valence-corrected chi connectivity index (χ3v) is 5.80. The highest BCUT2D eigenvalue weighted by Gasteiger charge is 2.16. The first-order chi connectivity index (χ1) is 14.4. The van der Waals surface area contributed by atoms with Crippen LogP contribution in [0, 0.1) is 13.8 Å². The van der Waals surface area contributed by atoms with Crippen LogP contribution in [-0.4, -0.2) is 37.8 Å². The Bertz CT molecular complexity index is 1180. The number of hydrogen-bond acceptors (Lipinski definition) is 6. The van der Waals surface area contributed by atoms with Crippen molar-refractivity contribution in [2.24, 2.45) is 4.99 Å². The Balaban J connectivity index is 2.09. The van der Waals surface area contributed by atoms with E-state index in [2.05, 4.69) is 4.99 Å². The van der Waals surface area contributed by atoms with E-state index in [4.69, 9.17) is 14.2 Å². The molecule has 0 N–H and O–H groups in total. The minimum atomic E-state index is -0.437. The van der Waals surface area contributed by atoms with Crippen molar-refractivity contribution in [1.29, 1.82) is 0 Å². The van der Waals surface area contributed by atoms with E-state index in [1.54, 1.807) is 30.9 Å². The van der Waals surface area contributed by atoms with Crippen molar-refractivity contribution < 1.29 is 23.8 Å². The van der Waals surface area contributed by atoms with E-state index >= 15 is 0 Å². The lowest BCUT2D eigenvalue weighted by Crippen LogP contribution is -2.22. The Hall–Kier alpha value is -3.13. The van der Waals surface area contributed by atoms with Gasteiger partial charge >= 0.3 is 5.97 Å². The maximum absolute atomic E-state index is 12.7. The van der Waals surface area contributed by atoms with Crippen LogP contribution < -0.4 is 14.3 Å². The molecule has 0 spiro atoms. The Labute approximate surface area is 178 Å². The number of nitrogens with zero attached hydrogens (tertiary/aromatic N) is 2. The summed E-state index contributed by atoms with van der Waals surface area (Å²) in [6.07, 6.45) is 0.186. The van der Waals surface area contributed by atoms with Gasteiger partial charge in [0, 0.05) is 12.1 Å². The number of aromatic nitrogens is 1. The number of fused-ring (bicyclic) bond motifs is 1. The Morgan fingerprint density at radius 3 is 2.37 bits per heavy atom. The molecule has 1 amide bonds. The zero-order valence-electron chi connectivity index (χ0n) is 17.6. The van der Waals surface area contributed by atoms with E-state index in [0.717, 1.165) is 21.4 Å². The van der Waals surface area contributed by atoms with E-state index in [-0.39, 0.29) is 18.9 Å². The van der Waals surface area contributed by atoms with Crippen LogP contribution in [0.2, 0.25) is 0 Å². The number of hydrogen-bond donors (Lipinski definition) is 0. The van der Waals surface area contributed by atoms with Crippen LogP contribution in [0.5, 0.6) is 11.5 Å². The van der Waals surface area contributed by atoms with Gasteiger partial charge in [-0.2, -0.15) is 4.99 Å². The van der Waals surface area contributed by atoms with Crippen LogP contribution in [-0.2, 0) is 27.3 Å². The molecule has 3 rings (SSSR count). The first-order valence-electron chi connectivity index (χ1n) is 9.32. The van der Waals surface area contributed by atoms with Crippen LogP contribution in [0.3, 0.4) is 0 Å². The summed E-state index contributed by atoms with van der Waals surface area (Å²) < 4.78 is 18.0. The fourth-order valence-corrected chi connectivity index (χ4v) is 4.24. The molecular formula is C22H24N2O5S. The molecule has 0 saturated carbocycles. The molecule has 0 fully saturated rings. The molecule has 0 aliphatic rings. The number of rotatable bonds is 6. The smallest absolute Gasteiger partial charge is 0.325 e. The number of esters is 1. The van der Waals surface area contributed by atoms with Gasteiger partial charge in [-0.15, -0.1) is 0 Å². The first-order valence-corrected chi connectivity index (χ1v) is 10.1. The van der Waals surface area contributed by atoms with Crippen molar-refractivity contribution in [3.8, 4) is 11.5 Å². The van der Waals surface area contributed by atoms with E-state index in [1.165, 1.54) is 18.4 Å². The van der Waals surface area contributed by atoms with Gasteiger partial charge in [-0.3, -0.25) is 9.59 Å². The van der Waals surface area contributed by atoms with Crippen molar-refractivity contribution in [2.45, 2.75) is 26.8 Å². The molecule has 1 heterocycles. The van der Waals surface area contributed by atoms with Crippen molar-refractivity contribution >= 4 is 33.4 Å². The van der Waals surface area contributed by atoms with Gasteiger partial charge in [0.25, 0.3) is 5.91 Å². The van der Waals surface area contributed by atoms with Gasteiger partial charge < -0.3 is 18.8 Å². The van der Waals surface area contributed by atoms with Crippen LogP contribution in [0.25, 0.3) is 10.2 Å². The van der Waals surface area contributed by atoms with Gasteiger partial charge in [0.05, 0.1) is 38.0 Å². The summed E-state index contributed by atoms with van der Waals surface area (Å²) in [4.78, 5) is 29.4. The minimum Gasteiger partial charge on any atom is -0.493 e. The SMILES string of the molecule is COC(=O)Cn1c(=NC(=O)Cc2ccc(C)cc2C)sc2cc(OC)c(OC)cc21. The molecule has 0 atom stereocenters. The zero-order valence-corrected chi connectivity index (χ0v) is 18.5. The quantitative estimate of drug-likeness (QED) is 0.564. The van der Waals surface area contributed by atoms with E-state index in [1.807, 2.05) is 32.0 Å². The predicted molar refractivity (Wildman–Crippen MR) is 115 cm³/mol. The minimum absolute atomic E-state index is 0.0678. The molecule has 0 radical (unpaired) electrons. The number of carbonyl (C=O) groups excluding carboxylic acids is 2. The van der Waals surface area contributed by atoms with Crippen molar-refractivity contribution in [3.05, 3.63) is 51.8 Å². The lowest BCUT2D eigenvalue weighted by atomic mass is 10.0. The lowest BCUT2D eigenvalue weighted by Gasteiger charge is -2.09. The number of aryl methyl sites for hydroxylation is 2. The molecule has 8 heteroatoms. The Morgan fingerprint density at radius 1 is 1.03 bits per heavy atom. The number of methoxy groups -OCH3 is 3. The summed E-state index contributed by atoms with van der Waals surface area (Å²) in [6, 6.07) is 9.53. The highest BCUT2D eigenvalue weighted by molar-refractivity contribution is 7.16. The number of carbonyl (C=O) groups is 2. The van der Waals surface area contributed by atoms with Crippen molar-refractivity contribution in [2.75, 3.05) is 21.3 Å². The highest BCUT2D eigenvalue weighted by Crippen LogP contribution is 2.33. The second-order valence-corrected chi connectivity index (χ2v) is 7.84. The summed E-state index contributed by atoms with van der Waals surface area (Å²) in [5.41, 5.74) is 3.83. The fraction of sp³-hybridized carbons (Fsp3) is 0.318. The van der Waals surface area contributed by atoms with Gasteiger partial charge in [0.1, 0.15) is 6.54 Å². The largest absolute Gasteiger partial charge is 0.493 e.